The number of nitrogens with zero attached hydrogens (tertiary/aromatic N) is 2. The van der Waals surface area contributed by atoms with Crippen LogP contribution in [0.5, 0.6) is 0 Å². The lowest BCUT2D eigenvalue weighted by Crippen LogP contribution is -2.37. The average molecular weight is 341 g/mol. The predicted molar refractivity (Wildman–Crippen MR) is 102 cm³/mol. The van der Waals surface area contributed by atoms with E-state index in [1.807, 2.05) is 0 Å². The molecule has 0 unspecified atom stereocenters. The van der Waals surface area contributed by atoms with Crippen LogP contribution in [0, 0.1) is 11.3 Å². The first-order valence-electron chi connectivity index (χ1n) is 10.6. The van der Waals surface area contributed by atoms with Gasteiger partial charge in [0.05, 0.1) is 0 Å². The van der Waals surface area contributed by atoms with E-state index in [0.717, 1.165) is 37.3 Å². The van der Waals surface area contributed by atoms with Gasteiger partial charge in [-0.1, -0.05) is 27.2 Å². The van der Waals surface area contributed by atoms with Gasteiger partial charge < -0.3 is 9.80 Å². The summed E-state index contributed by atoms with van der Waals surface area (Å²) >= 11 is 0. The van der Waals surface area contributed by atoms with E-state index < -0.39 is 6.17 Å². The summed E-state index contributed by atoms with van der Waals surface area (Å²) in [5.74, 6) is 0.872. The van der Waals surface area contributed by atoms with Crippen molar-refractivity contribution in [3.8, 4) is 0 Å². The van der Waals surface area contributed by atoms with E-state index in [4.69, 9.17) is 0 Å². The average Bonchev–Trinajstić information content (AvgIpc) is 3.32. The van der Waals surface area contributed by atoms with Crippen molar-refractivity contribution in [3.05, 3.63) is 0 Å². The molecule has 0 aromatic rings. The number of likely N-dealkylation sites (tertiary alicyclic amines) is 2. The fraction of sp³-hybridized carbons (Fsp3) is 1.00. The maximum absolute atomic E-state index is 12.7. The van der Waals surface area contributed by atoms with E-state index >= 15 is 0 Å². The molecule has 142 valence electrons. The Morgan fingerprint density at radius 2 is 1.71 bits per heavy atom. The minimum absolute atomic E-state index is 0.520. The molecule has 0 N–H and O–H groups in total. The molecule has 3 heteroatoms. The predicted octanol–water partition coefficient (Wildman–Crippen LogP) is 5.13. The van der Waals surface area contributed by atoms with Gasteiger partial charge in [-0.2, -0.15) is 0 Å². The standard InChI is InChI=1S/C12H23N.C9H18FN/c1-11(2)4-9-13-8-3-5-12(10-13)6-7-12;1-2-3-6-11-7-4-9(10)5-8-11/h11H,3-10H2,1-2H3;9H,2-8H2,1H3. The van der Waals surface area contributed by atoms with E-state index in [-0.39, 0.29) is 0 Å². The second kappa shape index (κ2) is 10.1. The summed E-state index contributed by atoms with van der Waals surface area (Å²) in [7, 11) is 0. The van der Waals surface area contributed by atoms with Gasteiger partial charge in [0, 0.05) is 19.6 Å². The molecule has 2 aliphatic heterocycles. The van der Waals surface area contributed by atoms with Crippen molar-refractivity contribution < 1.29 is 4.39 Å². The maximum Gasteiger partial charge on any atom is 0.103 e. The lowest BCUT2D eigenvalue weighted by atomic mass is 9.94. The number of rotatable bonds is 6. The van der Waals surface area contributed by atoms with Crippen molar-refractivity contribution in [2.24, 2.45) is 11.3 Å². The highest BCUT2D eigenvalue weighted by molar-refractivity contribution is 4.97. The molecular weight excluding hydrogens is 299 g/mol. The monoisotopic (exact) mass is 340 g/mol. The lowest BCUT2D eigenvalue weighted by molar-refractivity contribution is 0.149. The van der Waals surface area contributed by atoms with Gasteiger partial charge in [-0.05, 0) is 82.3 Å². The number of hydrogen-bond donors (Lipinski definition) is 0. The van der Waals surface area contributed by atoms with Gasteiger partial charge in [0.1, 0.15) is 6.17 Å². The Balaban J connectivity index is 0.000000177. The number of alkyl halides is 1. The van der Waals surface area contributed by atoms with Crippen LogP contribution in [0.15, 0.2) is 0 Å². The molecule has 3 rings (SSSR count). The Morgan fingerprint density at radius 1 is 1.00 bits per heavy atom. The van der Waals surface area contributed by atoms with E-state index in [1.165, 1.54) is 71.1 Å². The third-order valence-corrected chi connectivity index (χ3v) is 6.07. The minimum Gasteiger partial charge on any atom is -0.303 e. The van der Waals surface area contributed by atoms with Crippen LogP contribution in [0.25, 0.3) is 0 Å². The Morgan fingerprint density at radius 3 is 2.29 bits per heavy atom. The molecule has 2 nitrogen and oxygen atoms in total. The number of halogens is 1. The Labute approximate surface area is 150 Å². The third-order valence-electron chi connectivity index (χ3n) is 6.07. The molecule has 3 aliphatic rings. The van der Waals surface area contributed by atoms with Gasteiger partial charge >= 0.3 is 0 Å². The van der Waals surface area contributed by atoms with E-state index in [2.05, 4.69) is 30.6 Å². The molecule has 0 radical (unpaired) electrons. The molecular formula is C21H41FN2. The first-order chi connectivity index (χ1) is 11.5. The van der Waals surface area contributed by atoms with Crippen LogP contribution in [-0.2, 0) is 0 Å². The van der Waals surface area contributed by atoms with E-state index in [1.54, 1.807) is 0 Å². The Bertz CT molecular complexity index is 330. The van der Waals surface area contributed by atoms with E-state index in [0.29, 0.717) is 0 Å². The van der Waals surface area contributed by atoms with Crippen LogP contribution in [-0.4, -0.2) is 55.2 Å². The highest BCUT2D eigenvalue weighted by Gasteiger charge is 2.44. The molecule has 0 aromatic heterocycles. The van der Waals surface area contributed by atoms with Gasteiger partial charge in [0.2, 0.25) is 0 Å². The van der Waals surface area contributed by atoms with Crippen LogP contribution in [0.4, 0.5) is 4.39 Å². The number of piperidine rings is 2. The zero-order valence-corrected chi connectivity index (χ0v) is 16.5. The van der Waals surface area contributed by atoms with Crippen LogP contribution in [0.2, 0.25) is 0 Å². The Kier molecular flexibility index (Phi) is 8.49. The molecule has 2 heterocycles. The molecule has 3 fully saturated rings. The quantitative estimate of drug-likeness (QED) is 0.661. The lowest BCUT2D eigenvalue weighted by Gasteiger charge is -2.33. The van der Waals surface area contributed by atoms with Gasteiger partial charge in [-0.25, -0.2) is 4.39 Å². The normalized spacial score (nSPS) is 24.9. The van der Waals surface area contributed by atoms with Crippen LogP contribution >= 0.6 is 0 Å². The van der Waals surface area contributed by atoms with Gasteiger partial charge in [0.15, 0.2) is 0 Å². The molecule has 0 atom stereocenters. The summed E-state index contributed by atoms with van der Waals surface area (Å²) in [5, 5.41) is 0. The highest BCUT2D eigenvalue weighted by Crippen LogP contribution is 2.51. The van der Waals surface area contributed by atoms with Crippen LogP contribution in [0.1, 0.15) is 78.6 Å². The Hall–Kier alpha value is -0.150. The SMILES string of the molecule is CC(C)CCN1CCCC2(CC2)C1.CCCCN1CCC(F)CC1. The fourth-order valence-corrected chi connectivity index (χ4v) is 4.03. The van der Waals surface area contributed by atoms with Gasteiger partial charge in [0.25, 0.3) is 0 Å². The van der Waals surface area contributed by atoms with Gasteiger partial charge in [-0.3, -0.25) is 0 Å². The first-order valence-corrected chi connectivity index (χ1v) is 10.6. The number of hydrogen-bond acceptors (Lipinski definition) is 2. The zero-order valence-electron chi connectivity index (χ0n) is 16.5. The molecule has 1 spiro atoms. The summed E-state index contributed by atoms with van der Waals surface area (Å²) in [5.41, 5.74) is 0.815. The van der Waals surface area contributed by atoms with Crippen LogP contribution in [0.3, 0.4) is 0 Å². The van der Waals surface area contributed by atoms with Crippen LogP contribution < -0.4 is 0 Å². The van der Waals surface area contributed by atoms with Crippen molar-refractivity contribution in [1.82, 2.24) is 9.80 Å². The smallest absolute Gasteiger partial charge is 0.103 e. The van der Waals surface area contributed by atoms with Crippen molar-refractivity contribution in [2.75, 3.05) is 39.3 Å². The molecule has 0 amide bonds. The van der Waals surface area contributed by atoms with E-state index in [9.17, 15) is 4.39 Å². The third kappa shape index (κ3) is 7.39. The molecule has 0 aromatic carbocycles. The second-order valence-electron chi connectivity index (χ2n) is 8.93. The highest BCUT2D eigenvalue weighted by atomic mass is 19.1. The van der Waals surface area contributed by atoms with Crippen molar-refractivity contribution in [2.45, 2.75) is 84.7 Å². The second-order valence-corrected chi connectivity index (χ2v) is 8.93. The van der Waals surface area contributed by atoms with Crippen molar-refractivity contribution in [1.29, 1.82) is 0 Å². The molecule has 2 saturated heterocycles. The summed E-state index contributed by atoms with van der Waals surface area (Å²) in [6.45, 7) is 14.1. The van der Waals surface area contributed by atoms with Gasteiger partial charge in [-0.15, -0.1) is 0 Å². The largest absolute Gasteiger partial charge is 0.303 e. The fourth-order valence-electron chi connectivity index (χ4n) is 4.03. The first kappa shape index (κ1) is 20.2. The molecule has 24 heavy (non-hydrogen) atoms. The molecule has 1 saturated carbocycles. The summed E-state index contributed by atoms with van der Waals surface area (Å²) in [4.78, 5) is 5.08. The van der Waals surface area contributed by atoms with Crippen molar-refractivity contribution in [3.63, 3.8) is 0 Å². The summed E-state index contributed by atoms with van der Waals surface area (Å²) in [6, 6.07) is 0. The molecule has 0 bridgehead atoms. The maximum atomic E-state index is 12.7. The topological polar surface area (TPSA) is 6.48 Å². The minimum atomic E-state index is -0.520. The van der Waals surface area contributed by atoms with Crippen molar-refractivity contribution >= 4 is 0 Å². The zero-order chi connectivity index (χ0) is 17.4. The molecule has 1 aliphatic carbocycles. The summed E-state index contributed by atoms with van der Waals surface area (Å²) in [6.07, 6.45) is 10.9. The number of unbranched alkanes of at least 4 members (excludes halogenated alkanes) is 1. The summed E-state index contributed by atoms with van der Waals surface area (Å²) < 4.78 is 12.7.